The van der Waals surface area contributed by atoms with Crippen LogP contribution in [0.4, 0.5) is 5.69 Å². The number of nitrogens with zero attached hydrogens (tertiary/aromatic N) is 3. The van der Waals surface area contributed by atoms with Gasteiger partial charge in [-0.1, -0.05) is 24.3 Å². The second-order valence-corrected chi connectivity index (χ2v) is 6.99. The number of hydrogen-bond donors (Lipinski definition) is 0. The zero-order chi connectivity index (χ0) is 16.1. The monoisotopic (exact) mass is 329 g/mol. The molecule has 0 atom stereocenters. The molecule has 1 aliphatic rings. The van der Waals surface area contributed by atoms with E-state index in [2.05, 4.69) is 51.6 Å². The van der Waals surface area contributed by atoms with Gasteiger partial charge >= 0.3 is 0 Å². The van der Waals surface area contributed by atoms with Crippen LogP contribution in [0.2, 0.25) is 0 Å². The second-order valence-electron chi connectivity index (χ2n) is 5.96. The van der Waals surface area contributed by atoms with Crippen molar-refractivity contribution in [2.75, 3.05) is 44.7 Å². The summed E-state index contributed by atoms with van der Waals surface area (Å²) in [5.41, 5.74) is 1.24. The third-order valence-corrected chi connectivity index (χ3v) is 5.03. The van der Waals surface area contributed by atoms with Crippen molar-refractivity contribution >= 4 is 22.9 Å². The van der Waals surface area contributed by atoms with E-state index in [0.717, 1.165) is 32.7 Å². The Hall–Kier alpha value is -1.85. The van der Waals surface area contributed by atoms with Crippen LogP contribution < -0.4 is 4.90 Å². The molecule has 1 saturated heterocycles. The lowest BCUT2D eigenvalue weighted by Gasteiger charge is -2.36. The number of rotatable bonds is 5. The van der Waals surface area contributed by atoms with Crippen molar-refractivity contribution in [2.45, 2.75) is 6.54 Å². The summed E-state index contributed by atoms with van der Waals surface area (Å²) in [5, 5.41) is 2.08. The van der Waals surface area contributed by atoms with Gasteiger partial charge in [-0.05, 0) is 30.6 Å². The molecule has 0 saturated carbocycles. The summed E-state index contributed by atoms with van der Waals surface area (Å²) < 4.78 is 0. The first-order chi connectivity index (χ1) is 11.2. The Morgan fingerprint density at radius 1 is 1.09 bits per heavy atom. The lowest BCUT2D eigenvalue weighted by Crippen LogP contribution is -2.50. The predicted octanol–water partition coefficient (Wildman–Crippen LogP) is 2.53. The van der Waals surface area contributed by atoms with Crippen LogP contribution in [0.3, 0.4) is 0 Å². The molecule has 0 unspecified atom stereocenters. The maximum Gasteiger partial charge on any atom is 0.236 e. The molecule has 2 aromatic rings. The van der Waals surface area contributed by atoms with Crippen LogP contribution in [0.5, 0.6) is 0 Å². The van der Waals surface area contributed by atoms with Crippen molar-refractivity contribution in [1.82, 2.24) is 9.80 Å². The smallest absolute Gasteiger partial charge is 0.236 e. The van der Waals surface area contributed by atoms with Crippen molar-refractivity contribution in [3.8, 4) is 0 Å². The normalized spacial score (nSPS) is 15.2. The average molecular weight is 329 g/mol. The Labute approximate surface area is 141 Å². The minimum atomic E-state index is 0.233. The molecule has 5 heteroatoms. The molecule has 0 radical (unpaired) electrons. The topological polar surface area (TPSA) is 26.8 Å². The van der Waals surface area contributed by atoms with E-state index in [1.807, 2.05) is 18.0 Å². The molecule has 2 heterocycles. The Morgan fingerprint density at radius 2 is 1.83 bits per heavy atom. The molecule has 1 aromatic heterocycles. The number of benzene rings is 1. The highest BCUT2D eigenvalue weighted by atomic mass is 32.1. The van der Waals surface area contributed by atoms with Crippen LogP contribution >= 0.6 is 11.3 Å². The number of hydrogen-bond acceptors (Lipinski definition) is 4. The fraction of sp³-hybridized carbons (Fsp3) is 0.389. The minimum absolute atomic E-state index is 0.233. The lowest BCUT2D eigenvalue weighted by molar-refractivity contribution is -0.132. The highest BCUT2D eigenvalue weighted by Gasteiger charge is 2.22. The van der Waals surface area contributed by atoms with Crippen molar-refractivity contribution in [3.05, 3.63) is 52.7 Å². The number of thiophene rings is 1. The number of amides is 1. The van der Waals surface area contributed by atoms with Gasteiger partial charge in [0.05, 0.1) is 6.54 Å². The molecule has 0 N–H and O–H groups in total. The fourth-order valence-electron chi connectivity index (χ4n) is 2.91. The Kier molecular flexibility index (Phi) is 5.31. The largest absolute Gasteiger partial charge is 0.368 e. The van der Waals surface area contributed by atoms with Gasteiger partial charge in [0, 0.05) is 43.3 Å². The Balaban J connectivity index is 1.46. The van der Waals surface area contributed by atoms with Crippen molar-refractivity contribution in [1.29, 1.82) is 0 Å². The van der Waals surface area contributed by atoms with E-state index in [9.17, 15) is 4.79 Å². The Morgan fingerprint density at radius 3 is 2.48 bits per heavy atom. The van der Waals surface area contributed by atoms with Crippen molar-refractivity contribution < 1.29 is 4.79 Å². The Bertz CT molecular complexity index is 606. The third kappa shape index (κ3) is 4.33. The quantitative estimate of drug-likeness (QED) is 0.843. The first kappa shape index (κ1) is 16.0. The first-order valence-electron chi connectivity index (χ1n) is 8.01. The van der Waals surface area contributed by atoms with E-state index in [1.165, 1.54) is 10.6 Å². The number of para-hydroxylation sites is 1. The van der Waals surface area contributed by atoms with Gasteiger partial charge < -0.3 is 9.80 Å². The molecule has 122 valence electrons. The van der Waals surface area contributed by atoms with Crippen LogP contribution in [0.15, 0.2) is 47.8 Å². The standard InChI is InChI=1S/C18H23N3OS/c1-19(14-17-8-5-13-23-17)15-18(22)21-11-9-20(10-12-21)16-6-3-2-4-7-16/h2-8,13H,9-12,14-15H2,1H3. The molecule has 4 nitrogen and oxygen atoms in total. The summed E-state index contributed by atoms with van der Waals surface area (Å²) in [7, 11) is 2.01. The molecule has 1 fully saturated rings. The molecular weight excluding hydrogens is 306 g/mol. The lowest BCUT2D eigenvalue weighted by atomic mass is 10.2. The van der Waals surface area contributed by atoms with Gasteiger partial charge in [0.25, 0.3) is 0 Å². The molecule has 23 heavy (non-hydrogen) atoms. The van der Waals surface area contributed by atoms with Gasteiger partial charge in [0.2, 0.25) is 5.91 Å². The summed E-state index contributed by atoms with van der Waals surface area (Å²) in [6.45, 7) is 4.76. The predicted molar refractivity (Wildman–Crippen MR) is 95.9 cm³/mol. The van der Waals surface area contributed by atoms with Crippen LogP contribution in [0, 0.1) is 0 Å². The zero-order valence-corrected chi connectivity index (χ0v) is 14.3. The van der Waals surface area contributed by atoms with E-state index in [-0.39, 0.29) is 5.91 Å². The molecule has 1 amide bonds. The van der Waals surface area contributed by atoms with E-state index in [1.54, 1.807) is 11.3 Å². The number of carbonyl (C=O) groups excluding carboxylic acids is 1. The van der Waals surface area contributed by atoms with Crippen LogP contribution in [0.25, 0.3) is 0 Å². The summed E-state index contributed by atoms with van der Waals surface area (Å²) >= 11 is 1.74. The van der Waals surface area contributed by atoms with E-state index >= 15 is 0 Å². The van der Waals surface area contributed by atoms with E-state index in [4.69, 9.17) is 0 Å². The van der Waals surface area contributed by atoms with Crippen molar-refractivity contribution in [2.24, 2.45) is 0 Å². The average Bonchev–Trinajstić information content (AvgIpc) is 3.08. The van der Waals surface area contributed by atoms with Gasteiger partial charge in [-0.25, -0.2) is 0 Å². The van der Waals surface area contributed by atoms with Gasteiger partial charge in [0.1, 0.15) is 0 Å². The SMILES string of the molecule is CN(CC(=O)N1CCN(c2ccccc2)CC1)Cc1cccs1. The summed E-state index contributed by atoms with van der Waals surface area (Å²) in [6.07, 6.45) is 0. The first-order valence-corrected chi connectivity index (χ1v) is 8.89. The molecule has 0 spiro atoms. The molecule has 1 aromatic carbocycles. The molecular formula is C18H23N3OS. The van der Waals surface area contributed by atoms with Gasteiger partial charge in [-0.15, -0.1) is 11.3 Å². The second kappa shape index (κ2) is 7.62. The summed E-state index contributed by atoms with van der Waals surface area (Å²) in [4.78, 5) is 20.2. The number of carbonyl (C=O) groups is 1. The summed E-state index contributed by atoms with van der Waals surface area (Å²) in [5.74, 6) is 0.233. The number of piperazine rings is 1. The highest BCUT2D eigenvalue weighted by Crippen LogP contribution is 2.16. The fourth-order valence-corrected chi connectivity index (χ4v) is 3.69. The van der Waals surface area contributed by atoms with Gasteiger partial charge in [-0.3, -0.25) is 9.69 Å². The highest BCUT2D eigenvalue weighted by molar-refractivity contribution is 7.09. The molecule has 3 rings (SSSR count). The molecule has 1 aliphatic heterocycles. The maximum atomic E-state index is 12.4. The van der Waals surface area contributed by atoms with E-state index in [0.29, 0.717) is 6.54 Å². The van der Waals surface area contributed by atoms with Crippen LogP contribution in [0.1, 0.15) is 4.88 Å². The van der Waals surface area contributed by atoms with Crippen molar-refractivity contribution in [3.63, 3.8) is 0 Å². The molecule has 0 aliphatic carbocycles. The van der Waals surface area contributed by atoms with Gasteiger partial charge in [0.15, 0.2) is 0 Å². The molecule has 0 bridgehead atoms. The summed E-state index contributed by atoms with van der Waals surface area (Å²) in [6, 6.07) is 14.6. The zero-order valence-electron chi connectivity index (χ0n) is 13.5. The van der Waals surface area contributed by atoms with Crippen LogP contribution in [-0.2, 0) is 11.3 Å². The van der Waals surface area contributed by atoms with Crippen LogP contribution in [-0.4, -0.2) is 55.5 Å². The number of likely N-dealkylation sites (N-methyl/N-ethyl adjacent to an activating group) is 1. The van der Waals surface area contributed by atoms with E-state index < -0.39 is 0 Å². The van der Waals surface area contributed by atoms with Gasteiger partial charge in [-0.2, -0.15) is 0 Å². The third-order valence-electron chi connectivity index (χ3n) is 4.16. The maximum absolute atomic E-state index is 12.4. The minimum Gasteiger partial charge on any atom is -0.368 e. The number of anilines is 1.